The fourth-order valence-electron chi connectivity index (χ4n) is 1.80. The van der Waals surface area contributed by atoms with Crippen LogP contribution in [-0.2, 0) is 0 Å². The Kier molecular flexibility index (Phi) is 5.09. The van der Waals surface area contributed by atoms with E-state index in [0.29, 0.717) is 12.2 Å². The molecule has 0 aliphatic rings. The highest BCUT2D eigenvalue weighted by atomic mass is 16.2. The van der Waals surface area contributed by atoms with Crippen molar-refractivity contribution in [3.63, 3.8) is 0 Å². The van der Waals surface area contributed by atoms with E-state index in [1.54, 1.807) is 0 Å². The molecule has 1 aromatic carbocycles. The van der Waals surface area contributed by atoms with Crippen LogP contribution in [0.25, 0.3) is 11.3 Å². The number of carbonyl (C=O) groups is 1. The summed E-state index contributed by atoms with van der Waals surface area (Å²) in [5.41, 5.74) is 1.02. The highest BCUT2D eigenvalue weighted by Gasteiger charge is 2.06. The topological polar surface area (TPSA) is 86.9 Å². The third-order valence-corrected chi connectivity index (χ3v) is 2.86. The summed E-state index contributed by atoms with van der Waals surface area (Å²) in [6, 6.07) is 10.3. The van der Waals surface area contributed by atoms with Gasteiger partial charge in [0.1, 0.15) is 0 Å². The summed E-state index contributed by atoms with van der Waals surface area (Å²) in [7, 11) is 0. The summed E-state index contributed by atoms with van der Waals surface area (Å²) in [6.07, 6.45) is 1.90. The van der Waals surface area contributed by atoms with E-state index in [4.69, 9.17) is 0 Å². The highest BCUT2D eigenvalue weighted by Crippen LogP contribution is 2.15. The number of carbonyl (C=O) groups excluding carboxylic acids is 1. The standard InChI is InChI=1S/C15H18N4O2/c1-2-3-9-16-15(21)19-14-17-12(10-13(20)18-14)11-7-5-4-6-8-11/h4-8,10H,2-3,9H2,1H3,(H3,16,17,18,19,20,21)/i18+1. The van der Waals surface area contributed by atoms with Gasteiger partial charge >= 0.3 is 6.03 Å². The molecule has 0 aliphatic heterocycles. The first-order valence-electron chi connectivity index (χ1n) is 6.90. The molecule has 0 unspecified atom stereocenters. The van der Waals surface area contributed by atoms with Crippen molar-refractivity contribution < 1.29 is 4.79 Å². The molecule has 1 aromatic heterocycles. The molecule has 0 fully saturated rings. The van der Waals surface area contributed by atoms with E-state index in [-0.39, 0.29) is 17.5 Å². The average Bonchev–Trinajstić information content (AvgIpc) is 2.48. The lowest BCUT2D eigenvalue weighted by atomic mass is 10.1. The van der Waals surface area contributed by atoms with Crippen molar-refractivity contribution in [1.29, 1.82) is 0 Å². The van der Waals surface area contributed by atoms with Crippen molar-refractivity contribution in [3.05, 3.63) is 46.8 Å². The molecule has 2 aromatic rings. The summed E-state index contributed by atoms with van der Waals surface area (Å²) in [4.78, 5) is 30.1. The zero-order valence-corrected chi connectivity index (χ0v) is 11.8. The van der Waals surface area contributed by atoms with Gasteiger partial charge in [0.15, 0.2) is 0 Å². The Morgan fingerprint density at radius 2 is 2.05 bits per heavy atom. The molecule has 0 aliphatic carbocycles. The van der Waals surface area contributed by atoms with Crippen molar-refractivity contribution in [1.82, 2.24) is 15.3 Å². The normalized spacial score (nSPS) is 10.1. The molecule has 0 bridgehead atoms. The molecule has 1 heterocycles. The smallest absolute Gasteiger partial charge is 0.321 e. The number of hydrogen-bond acceptors (Lipinski definition) is 3. The van der Waals surface area contributed by atoms with E-state index in [9.17, 15) is 9.59 Å². The number of hydrogen-bond donors (Lipinski definition) is 3. The lowest BCUT2D eigenvalue weighted by Gasteiger charge is -2.07. The molecule has 3 N–H and O–H groups in total. The molecular formula is C15H18N4O2. The second kappa shape index (κ2) is 7.23. The average molecular weight is 287 g/mol. The van der Waals surface area contributed by atoms with Crippen LogP contribution in [-0.4, -0.2) is 22.5 Å². The Morgan fingerprint density at radius 1 is 1.29 bits per heavy atom. The van der Waals surface area contributed by atoms with Crippen LogP contribution in [0.4, 0.5) is 10.7 Å². The number of benzene rings is 1. The van der Waals surface area contributed by atoms with E-state index in [1.165, 1.54) is 6.07 Å². The largest absolute Gasteiger partial charge is 0.338 e. The number of nitrogens with one attached hydrogen (secondary N) is 3. The van der Waals surface area contributed by atoms with Crippen molar-refractivity contribution in [2.45, 2.75) is 19.8 Å². The Morgan fingerprint density at radius 3 is 2.76 bits per heavy atom. The van der Waals surface area contributed by atoms with E-state index >= 15 is 0 Å². The highest BCUT2D eigenvalue weighted by molar-refractivity contribution is 5.87. The summed E-state index contributed by atoms with van der Waals surface area (Å²) >= 11 is 0. The SMILES string of the molecule is CCCCNC(=O)Nc1nc(-c2ccccc2)cc(=O)[15nH]1. The van der Waals surface area contributed by atoms with Crippen LogP contribution in [0.1, 0.15) is 19.8 Å². The molecule has 21 heavy (non-hydrogen) atoms. The molecule has 110 valence electrons. The van der Waals surface area contributed by atoms with Gasteiger partial charge in [-0.25, -0.2) is 9.78 Å². The van der Waals surface area contributed by atoms with Gasteiger partial charge in [-0.3, -0.25) is 15.1 Å². The Hall–Kier alpha value is -2.63. The van der Waals surface area contributed by atoms with Crippen LogP contribution in [0.2, 0.25) is 0 Å². The van der Waals surface area contributed by atoms with Gasteiger partial charge in [-0.15, -0.1) is 0 Å². The van der Waals surface area contributed by atoms with E-state index in [1.807, 2.05) is 37.3 Å². The van der Waals surface area contributed by atoms with E-state index in [0.717, 1.165) is 18.4 Å². The van der Waals surface area contributed by atoms with Gasteiger partial charge < -0.3 is 5.32 Å². The maximum Gasteiger partial charge on any atom is 0.321 e. The Labute approximate surface area is 122 Å². The van der Waals surface area contributed by atoms with Crippen molar-refractivity contribution in [2.24, 2.45) is 0 Å². The third kappa shape index (κ3) is 4.45. The Bertz CT molecular complexity index is 652. The molecule has 0 radical (unpaired) electrons. The molecule has 0 saturated carbocycles. The van der Waals surface area contributed by atoms with Crippen LogP contribution in [0.5, 0.6) is 0 Å². The first-order chi connectivity index (χ1) is 10.2. The maximum absolute atomic E-state index is 11.7. The number of aromatic nitrogens is 2. The van der Waals surface area contributed by atoms with Gasteiger partial charge in [0.2, 0.25) is 5.95 Å². The summed E-state index contributed by atoms with van der Waals surface area (Å²) in [5, 5.41) is 5.23. The van der Waals surface area contributed by atoms with Crippen molar-refractivity contribution in [3.8, 4) is 11.3 Å². The monoisotopic (exact) mass is 287 g/mol. The number of amides is 2. The lowest BCUT2D eigenvalue weighted by Crippen LogP contribution is -2.31. The number of anilines is 1. The zero-order chi connectivity index (χ0) is 15.1. The van der Waals surface area contributed by atoms with Gasteiger partial charge in [0.25, 0.3) is 5.56 Å². The fraction of sp³-hybridized carbons (Fsp3) is 0.267. The molecule has 0 atom stereocenters. The number of unbranched alkanes of at least 4 members (excludes halogenated alkanes) is 1. The first kappa shape index (κ1) is 14.8. The summed E-state index contributed by atoms with van der Waals surface area (Å²) < 4.78 is 0. The van der Waals surface area contributed by atoms with Crippen molar-refractivity contribution >= 4 is 12.0 Å². The first-order valence-corrected chi connectivity index (χ1v) is 6.90. The number of rotatable bonds is 5. The van der Waals surface area contributed by atoms with E-state index < -0.39 is 0 Å². The summed E-state index contributed by atoms with van der Waals surface area (Å²) in [6.45, 7) is 2.63. The third-order valence-electron chi connectivity index (χ3n) is 2.86. The van der Waals surface area contributed by atoms with Gasteiger partial charge in [0, 0.05) is 18.2 Å². The van der Waals surface area contributed by atoms with Crippen LogP contribution in [0.3, 0.4) is 0 Å². The molecule has 6 heteroatoms. The molecule has 2 amide bonds. The van der Waals surface area contributed by atoms with Gasteiger partial charge in [-0.05, 0) is 6.42 Å². The number of aromatic amines is 1. The maximum atomic E-state index is 11.7. The minimum Gasteiger partial charge on any atom is -0.338 e. The van der Waals surface area contributed by atoms with Crippen LogP contribution < -0.4 is 16.2 Å². The van der Waals surface area contributed by atoms with Crippen molar-refractivity contribution in [2.75, 3.05) is 11.9 Å². The number of H-pyrrole nitrogens is 1. The molecule has 2 rings (SSSR count). The minimum atomic E-state index is -0.378. The molecule has 0 saturated heterocycles. The molecule has 0 spiro atoms. The zero-order valence-electron chi connectivity index (χ0n) is 11.8. The predicted molar refractivity (Wildman–Crippen MR) is 82.2 cm³/mol. The number of urea groups is 1. The van der Waals surface area contributed by atoms with Crippen LogP contribution in [0.15, 0.2) is 41.2 Å². The minimum absolute atomic E-state index is 0.135. The quantitative estimate of drug-likeness (QED) is 0.738. The Balaban J connectivity index is 2.12. The lowest BCUT2D eigenvalue weighted by molar-refractivity contribution is 0.252. The fourth-order valence-corrected chi connectivity index (χ4v) is 1.80. The van der Waals surface area contributed by atoms with Crippen LogP contribution >= 0.6 is 0 Å². The van der Waals surface area contributed by atoms with Gasteiger partial charge in [-0.1, -0.05) is 43.7 Å². The molecular weight excluding hydrogens is 269 g/mol. The second-order valence-electron chi connectivity index (χ2n) is 4.58. The summed E-state index contributed by atoms with van der Waals surface area (Å²) in [5.74, 6) is 0.135. The van der Waals surface area contributed by atoms with Gasteiger partial charge in [0.05, 0.1) is 5.69 Å². The second-order valence-corrected chi connectivity index (χ2v) is 4.58. The van der Waals surface area contributed by atoms with Crippen LogP contribution in [0, 0.1) is 0 Å². The van der Waals surface area contributed by atoms with E-state index in [2.05, 4.69) is 20.6 Å². The molecule has 6 nitrogen and oxygen atoms in total. The van der Waals surface area contributed by atoms with Gasteiger partial charge in [-0.2, -0.15) is 0 Å². The number of nitrogens with zero attached hydrogens (tertiary/aromatic N) is 1. The predicted octanol–water partition coefficient (Wildman–Crippen LogP) is 2.36.